The van der Waals surface area contributed by atoms with Crippen molar-refractivity contribution in [1.29, 1.82) is 0 Å². The predicted molar refractivity (Wildman–Crippen MR) is 91.5 cm³/mol. The van der Waals surface area contributed by atoms with E-state index in [1.165, 1.54) is 6.33 Å². The Balaban J connectivity index is 1.83. The molecule has 122 valence electrons. The largest absolute Gasteiger partial charge is 0.383 e. The molecule has 0 bridgehead atoms. The number of aromatic nitrogens is 4. The van der Waals surface area contributed by atoms with Crippen molar-refractivity contribution in [2.75, 3.05) is 18.8 Å². The molecule has 1 saturated heterocycles. The van der Waals surface area contributed by atoms with Gasteiger partial charge in [-0.1, -0.05) is 23.7 Å². The van der Waals surface area contributed by atoms with Crippen LogP contribution in [0.4, 0.5) is 5.82 Å². The molecule has 0 unspecified atom stereocenters. The number of benzene rings is 1. The molecule has 1 fully saturated rings. The fraction of sp³-hybridized carbons (Fsp3) is 0.250. The van der Waals surface area contributed by atoms with Crippen molar-refractivity contribution in [3.63, 3.8) is 0 Å². The molecule has 0 aliphatic carbocycles. The summed E-state index contributed by atoms with van der Waals surface area (Å²) in [6, 6.07) is 7.49. The molecule has 3 aromatic rings. The van der Waals surface area contributed by atoms with Crippen LogP contribution in [0.15, 0.2) is 30.6 Å². The Morgan fingerprint density at radius 3 is 2.62 bits per heavy atom. The fourth-order valence-corrected chi connectivity index (χ4v) is 3.05. The van der Waals surface area contributed by atoms with Crippen molar-refractivity contribution < 1.29 is 4.79 Å². The highest BCUT2D eigenvalue weighted by molar-refractivity contribution is 6.30. The molecule has 0 atom stereocenters. The number of likely N-dealkylation sites (tertiary alicyclic amines) is 1. The smallest absolute Gasteiger partial charge is 0.219 e. The molecule has 1 aliphatic rings. The highest BCUT2D eigenvalue weighted by Crippen LogP contribution is 2.34. The summed E-state index contributed by atoms with van der Waals surface area (Å²) in [5.41, 5.74) is 8.38. The van der Waals surface area contributed by atoms with Crippen LogP contribution in [0.25, 0.3) is 22.3 Å². The summed E-state index contributed by atoms with van der Waals surface area (Å²) in [5.74, 6) is 0.453. The molecule has 8 heteroatoms. The zero-order valence-electron chi connectivity index (χ0n) is 13.0. The molecule has 0 radical (unpaired) electrons. The van der Waals surface area contributed by atoms with Crippen LogP contribution in [-0.4, -0.2) is 43.6 Å². The predicted octanol–water partition coefficient (Wildman–Crippen LogP) is 2.13. The number of nitrogen functional groups attached to an aromatic ring is 1. The molecule has 0 saturated carbocycles. The number of hydrogen-bond donors (Lipinski definition) is 1. The van der Waals surface area contributed by atoms with E-state index in [1.54, 1.807) is 11.8 Å². The highest BCUT2D eigenvalue weighted by Gasteiger charge is 2.33. The number of nitrogens with two attached hydrogens (primary N) is 1. The number of halogens is 1. The van der Waals surface area contributed by atoms with Gasteiger partial charge in [-0.3, -0.25) is 4.79 Å². The number of hydrogen-bond acceptors (Lipinski definition) is 5. The molecule has 24 heavy (non-hydrogen) atoms. The third kappa shape index (κ3) is 2.28. The van der Waals surface area contributed by atoms with Gasteiger partial charge >= 0.3 is 0 Å². The first kappa shape index (κ1) is 14.9. The molecule has 3 heterocycles. The maximum absolute atomic E-state index is 11.4. The first-order valence-corrected chi connectivity index (χ1v) is 7.92. The van der Waals surface area contributed by atoms with Crippen LogP contribution in [0.2, 0.25) is 5.02 Å². The zero-order valence-corrected chi connectivity index (χ0v) is 13.7. The van der Waals surface area contributed by atoms with Gasteiger partial charge in [0.25, 0.3) is 0 Å². The summed E-state index contributed by atoms with van der Waals surface area (Å²) in [5, 5.41) is 6.10. The molecule has 4 rings (SSSR count). The minimum Gasteiger partial charge on any atom is -0.383 e. The van der Waals surface area contributed by atoms with Gasteiger partial charge < -0.3 is 10.6 Å². The van der Waals surface area contributed by atoms with E-state index in [1.807, 2.05) is 28.9 Å². The topological polar surface area (TPSA) is 89.9 Å². The average Bonchev–Trinajstić information content (AvgIpc) is 2.87. The van der Waals surface area contributed by atoms with Gasteiger partial charge in [0.05, 0.1) is 11.4 Å². The number of rotatable bonds is 2. The molecule has 0 spiro atoms. The van der Waals surface area contributed by atoms with Crippen LogP contribution in [0.5, 0.6) is 0 Å². The molecule has 1 aromatic carbocycles. The van der Waals surface area contributed by atoms with E-state index in [9.17, 15) is 4.79 Å². The maximum Gasteiger partial charge on any atom is 0.219 e. The summed E-state index contributed by atoms with van der Waals surface area (Å²) in [6.07, 6.45) is 1.43. The zero-order chi connectivity index (χ0) is 16.8. The highest BCUT2D eigenvalue weighted by atomic mass is 35.5. The number of carbonyl (C=O) groups is 1. The van der Waals surface area contributed by atoms with E-state index in [0.29, 0.717) is 29.6 Å². The Morgan fingerprint density at radius 2 is 1.96 bits per heavy atom. The quantitative estimate of drug-likeness (QED) is 0.770. The number of anilines is 1. The van der Waals surface area contributed by atoms with Gasteiger partial charge in [0.2, 0.25) is 5.91 Å². The molecular formula is C16H15ClN6O. The second-order valence-electron chi connectivity index (χ2n) is 5.84. The number of carbonyl (C=O) groups excluding carboxylic acids is 1. The van der Waals surface area contributed by atoms with Crippen LogP contribution in [-0.2, 0) is 4.79 Å². The van der Waals surface area contributed by atoms with Gasteiger partial charge in [0, 0.05) is 30.6 Å². The van der Waals surface area contributed by atoms with Gasteiger partial charge in [0.1, 0.15) is 17.8 Å². The van der Waals surface area contributed by atoms with Gasteiger partial charge in [-0.2, -0.15) is 5.10 Å². The Kier molecular flexibility index (Phi) is 3.38. The number of nitrogens with zero attached hydrogens (tertiary/aromatic N) is 5. The van der Waals surface area contributed by atoms with Crippen molar-refractivity contribution in [2.24, 2.45) is 0 Å². The number of fused-ring (bicyclic) bond motifs is 1. The van der Waals surface area contributed by atoms with Crippen LogP contribution in [0.3, 0.4) is 0 Å². The van der Waals surface area contributed by atoms with Crippen LogP contribution < -0.4 is 5.73 Å². The first-order valence-electron chi connectivity index (χ1n) is 7.54. The first-order chi connectivity index (χ1) is 11.5. The van der Waals surface area contributed by atoms with Crippen LogP contribution in [0.1, 0.15) is 13.0 Å². The number of amides is 1. The van der Waals surface area contributed by atoms with E-state index in [-0.39, 0.29) is 11.9 Å². The third-order valence-corrected chi connectivity index (χ3v) is 4.54. The summed E-state index contributed by atoms with van der Waals surface area (Å²) in [7, 11) is 0. The summed E-state index contributed by atoms with van der Waals surface area (Å²) in [6.45, 7) is 2.81. The fourth-order valence-electron chi connectivity index (χ4n) is 2.93. The molecule has 1 amide bonds. The van der Waals surface area contributed by atoms with Gasteiger partial charge in [-0.05, 0) is 12.1 Å². The summed E-state index contributed by atoms with van der Waals surface area (Å²) in [4.78, 5) is 21.6. The lowest BCUT2D eigenvalue weighted by molar-refractivity contribution is -0.134. The van der Waals surface area contributed by atoms with Crippen LogP contribution >= 0.6 is 11.6 Å². The summed E-state index contributed by atoms with van der Waals surface area (Å²) < 4.78 is 1.84. The van der Waals surface area contributed by atoms with Crippen LogP contribution in [0, 0.1) is 0 Å². The minimum atomic E-state index is 0.0646. The average molecular weight is 343 g/mol. The molecule has 1 aliphatic heterocycles. The maximum atomic E-state index is 11.4. The van der Waals surface area contributed by atoms with Gasteiger partial charge in [-0.25, -0.2) is 14.6 Å². The second-order valence-corrected chi connectivity index (χ2v) is 6.27. The lowest BCUT2D eigenvalue weighted by Crippen LogP contribution is -2.50. The normalized spacial score (nSPS) is 14.8. The van der Waals surface area contributed by atoms with Crippen molar-refractivity contribution in [2.45, 2.75) is 13.0 Å². The van der Waals surface area contributed by atoms with Crippen molar-refractivity contribution in [3.05, 3.63) is 35.6 Å². The Hall–Kier alpha value is -2.67. The Bertz CT molecular complexity index is 930. The van der Waals surface area contributed by atoms with Gasteiger partial charge in [-0.15, -0.1) is 0 Å². The van der Waals surface area contributed by atoms with Crippen molar-refractivity contribution in [1.82, 2.24) is 24.6 Å². The van der Waals surface area contributed by atoms with E-state index in [4.69, 9.17) is 22.4 Å². The standard InChI is InChI=1S/C16H15ClN6O/c1-9(24)22-6-12(7-22)23-16-13(15(18)19-8-20-16)14(21-23)10-2-4-11(17)5-3-10/h2-5,8,12H,6-7H2,1H3,(H2,18,19,20). The lowest BCUT2D eigenvalue weighted by Gasteiger charge is -2.38. The van der Waals surface area contributed by atoms with Crippen molar-refractivity contribution >= 4 is 34.4 Å². The molecular weight excluding hydrogens is 328 g/mol. The van der Waals surface area contributed by atoms with Gasteiger partial charge in [0.15, 0.2) is 5.65 Å². The Labute approximate surface area is 143 Å². The minimum absolute atomic E-state index is 0.0646. The lowest BCUT2D eigenvalue weighted by atomic mass is 10.1. The Morgan fingerprint density at radius 1 is 1.25 bits per heavy atom. The molecule has 2 aromatic heterocycles. The summed E-state index contributed by atoms with van der Waals surface area (Å²) >= 11 is 5.97. The SMILES string of the molecule is CC(=O)N1CC(n2nc(-c3ccc(Cl)cc3)c3c(N)ncnc32)C1. The molecule has 7 nitrogen and oxygen atoms in total. The van der Waals surface area contributed by atoms with E-state index in [2.05, 4.69) is 9.97 Å². The monoisotopic (exact) mass is 342 g/mol. The molecule has 2 N–H and O–H groups in total. The second kappa shape index (κ2) is 5.45. The van der Waals surface area contributed by atoms with E-state index < -0.39 is 0 Å². The van der Waals surface area contributed by atoms with Crippen molar-refractivity contribution in [3.8, 4) is 11.3 Å². The van der Waals surface area contributed by atoms with E-state index >= 15 is 0 Å². The van der Waals surface area contributed by atoms with E-state index in [0.717, 1.165) is 16.6 Å². The third-order valence-electron chi connectivity index (χ3n) is 4.29.